The number of rotatable bonds is 0. The average Bonchev–Trinajstić information content (AvgIpc) is 0. The van der Waals surface area contributed by atoms with Gasteiger partial charge in [0.15, 0.2) is 0 Å². The first-order valence-electron chi connectivity index (χ1n) is 0. The predicted molar refractivity (Wildman–Crippen MR) is 0 cm³/mol. The Bertz CT molecular complexity index is 8.00. The Kier molecular flexibility index (Phi) is 104. The van der Waals surface area contributed by atoms with E-state index in [0.717, 1.165) is 0 Å². The van der Waals surface area contributed by atoms with Crippen molar-refractivity contribution in [1.29, 1.82) is 0 Å². The fourth-order valence-electron chi connectivity index (χ4n) is 0. The molecule has 1 radical (unpaired) electrons. The van der Waals surface area contributed by atoms with Crippen molar-refractivity contribution in [3.05, 3.63) is 0 Å². The van der Waals surface area contributed by atoms with Gasteiger partial charge in [-0.15, -0.1) is 0 Å². The first kappa shape index (κ1) is 25.9. The summed E-state index contributed by atoms with van der Waals surface area (Å²) in [7, 11) is 0. The second-order valence-electron chi connectivity index (χ2n) is 0. The topological polar surface area (TPSA) is 0 Å². The van der Waals surface area contributed by atoms with Crippen molar-refractivity contribution in [1.82, 2.24) is 0 Å². The van der Waals surface area contributed by atoms with Crippen LogP contribution < -0.4 is 0 Å². The van der Waals surface area contributed by atoms with Crippen molar-refractivity contribution in [2.75, 3.05) is 0 Å². The third-order valence-electron chi connectivity index (χ3n) is 0. The minimum absolute atomic E-state index is 0. The molecule has 0 saturated carbocycles. The van der Waals surface area contributed by atoms with Gasteiger partial charge in [0.25, 0.3) is 0 Å². The number of hydrogen-bond acceptors (Lipinski definition) is 0. The summed E-state index contributed by atoms with van der Waals surface area (Å²) in [6.45, 7) is 0. The van der Waals surface area contributed by atoms with E-state index in [1.807, 2.05) is 0 Å². The van der Waals surface area contributed by atoms with Crippen molar-refractivity contribution in [3.63, 3.8) is 0 Å². The van der Waals surface area contributed by atoms with Crippen LogP contribution >= 0.6 is 0 Å². The predicted octanol–water partition coefficient (Wildman–Crippen LogP) is -0.00750. The van der Waals surface area contributed by atoms with E-state index in [9.17, 15) is 0 Å². The van der Waals surface area contributed by atoms with Gasteiger partial charge < -0.3 is 0 Å². The van der Waals surface area contributed by atoms with Gasteiger partial charge in [-0.3, -0.25) is 0 Å². The molecule has 0 spiro atoms. The first-order chi connectivity index (χ1) is 0. The molecule has 0 aromatic carbocycles. The zero-order valence-electron chi connectivity index (χ0n) is 1.75. The van der Waals surface area contributed by atoms with Gasteiger partial charge in [-0.05, 0) is 0 Å². The quantitative estimate of drug-likeness (QED) is 0.543. The summed E-state index contributed by atoms with van der Waals surface area (Å²) < 4.78 is 0. The molecule has 0 fully saturated rings. The summed E-state index contributed by atoms with van der Waals surface area (Å²) in [5.41, 5.74) is 0. The van der Waals surface area contributed by atoms with Crippen molar-refractivity contribution < 1.29 is 108 Å². The molecule has 0 aliphatic carbocycles. The molecule has 0 amide bonds. The van der Waals surface area contributed by atoms with Crippen LogP contribution in [0.2, 0.25) is 0 Å². The molecule has 25 valence electrons. The van der Waals surface area contributed by atoms with Crippen LogP contribution in [0.25, 0.3) is 0 Å². The molecule has 4 heteroatoms. The van der Waals surface area contributed by atoms with Crippen LogP contribution in [0.1, 0.15) is 0 Å². The van der Waals surface area contributed by atoms with E-state index in [-0.39, 0.29) is 108 Å². The molecule has 0 aliphatic rings. The van der Waals surface area contributed by atoms with E-state index < -0.39 is 0 Å². The van der Waals surface area contributed by atoms with Crippen molar-refractivity contribution in [3.8, 4) is 0 Å². The van der Waals surface area contributed by atoms with E-state index in [0.29, 0.717) is 0 Å². The summed E-state index contributed by atoms with van der Waals surface area (Å²) >= 11 is 0. The van der Waals surface area contributed by atoms with Gasteiger partial charge in [0.1, 0.15) is 0 Å². The molecule has 0 unspecified atom stereocenters. The molecule has 0 saturated heterocycles. The third-order valence-corrected chi connectivity index (χ3v) is 0. The molecule has 0 aromatic heterocycles. The molecule has 4 heavy (non-hydrogen) atoms. The second kappa shape index (κ2) is 16.1. The van der Waals surface area contributed by atoms with E-state index in [2.05, 4.69) is 0 Å². The molecule has 0 heterocycles. The van der Waals surface area contributed by atoms with Crippen LogP contribution in [0.3, 0.4) is 0 Å². The third kappa shape index (κ3) is 9.09. The van der Waals surface area contributed by atoms with Gasteiger partial charge >= 0.3 is 0 Å². The Hall–Kier alpha value is 3.49. The zero-order chi connectivity index (χ0) is 0. The summed E-state index contributed by atoms with van der Waals surface area (Å²) in [6, 6.07) is 0. The van der Waals surface area contributed by atoms with E-state index >= 15 is 0 Å². The van der Waals surface area contributed by atoms with Crippen molar-refractivity contribution in [2.45, 2.75) is 0 Å². The van der Waals surface area contributed by atoms with Crippen LogP contribution in [0.15, 0.2) is 0 Å². The molecule has 0 aromatic rings. The molecule has 0 nitrogen and oxygen atoms in total. The molecular weight excluding hydrogens is 344 g/mol. The molecular formula is CeFeNiY. The van der Waals surface area contributed by atoms with Gasteiger partial charge in [-0.25, -0.2) is 0 Å². The second-order valence-corrected chi connectivity index (χ2v) is 0. The van der Waals surface area contributed by atoms with Crippen molar-refractivity contribution in [2.24, 2.45) is 0 Å². The average molecular weight is 344 g/mol. The number of hydrogen-bond donors (Lipinski definition) is 0. The molecule has 0 bridgehead atoms. The van der Waals surface area contributed by atoms with Crippen LogP contribution in [-0.2, 0) is 66.3 Å². The SMILES string of the molecule is [Ce].[Fe].[Ni].[Y]. The molecule has 0 N–H and O–H groups in total. The summed E-state index contributed by atoms with van der Waals surface area (Å²) in [5.74, 6) is 0. The Morgan fingerprint density at radius 1 is 1.00 bits per heavy atom. The Morgan fingerprint density at radius 3 is 1.00 bits per heavy atom. The largest absolute Gasteiger partial charge is 0 e. The molecule has 0 rings (SSSR count). The molecule has 0 aliphatic heterocycles. The zero-order valence-corrected chi connectivity index (χ0v) is 9.82. The Balaban J connectivity index is 0. The van der Waals surface area contributed by atoms with E-state index in [4.69, 9.17) is 0 Å². The molecule has 0 atom stereocenters. The van der Waals surface area contributed by atoms with Gasteiger partial charge in [-0.1, -0.05) is 0 Å². The van der Waals surface area contributed by atoms with Gasteiger partial charge in [0.05, 0.1) is 0 Å². The minimum Gasteiger partial charge on any atom is 0 e. The standard InChI is InChI=1S/Ce.Fe.Ni.Y. The Labute approximate surface area is 105 Å². The van der Waals surface area contributed by atoms with Gasteiger partial charge in [0, 0.05) is 108 Å². The summed E-state index contributed by atoms with van der Waals surface area (Å²) in [5, 5.41) is 0. The van der Waals surface area contributed by atoms with Crippen LogP contribution in [0, 0.1) is 41.7 Å². The van der Waals surface area contributed by atoms with E-state index in [1.165, 1.54) is 0 Å². The van der Waals surface area contributed by atoms with Crippen molar-refractivity contribution >= 4 is 0 Å². The summed E-state index contributed by atoms with van der Waals surface area (Å²) in [4.78, 5) is 0. The smallest absolute Gasteiger partial charge is 0 e. The van der Waals surface area contributed by atoms with Gasteiger partial charge in [0.2, 0.25) is 0 Å². The fourth-order valence-corrected chi connectivity index (χ4v) is 0. The Morgan fingerprint density at radius 2 is 1.00 bits per heavy atom. The maximum Gasteiger partial charge on any atom is 0 e. The maximum absolute atomic E-state index is 0. The van der Waals surface area contributed by atoms with Crippen LogP contribution in [0.5, 0.6) is 0 Å². The normalized spacial score (nSPS) is 0. The van der Waals surface area contributed by atoms with Gasteiger partial charge in [-0.2, -0.15) is 0 Å². The van der Waals surface area contributed by atoms with Crippen LogP contribution in [0.4, 0.5) is 0 Å². The van der Waals surface area contributed by atoms with E-state index in [1.54, 1.807) is 0 Å². The monoisotopic (exact) mass is 343 g/mol. The first-order valence-corrected chi connectivity index (χ1v) is 0. The van der Waals surface area contributed by atoms with Crippen LogP contribution in [-0.4, -0.2) is 0 Å². The fraction of sp³-hybridized carbons (Fsp3) is 0. The minimum atomic E-state index is 0. The summed E-state index contributed by atoms with van der Waals surface area (Å²) in [6.07, 6.45) is 0. The maximum atomic E-state index is 0.